The third-order valence-corrected chi connectivity index (χ3v) is 4.94. The van der Waals surface area contributed by atoms with Gasteiger partial charge in [0.05, 0.1) is 23.8 Å². The number of ether oxygens (including phenoxy) is 1. The minimum Gasteiger partial charge on any atom is -0.375 e. The van der Waals surface area contributed by atoms with Crippen LogP contribution in [0, 0.1) is 0 Å². The van der Waals surface area contributed by atoms with Gasteiger partial charge in [-0.3, -0.25) is 14.4 Å². The van der Waals surface area contributed by atoms with Gasteiger partial charge in [-0.1, -0.05) is 0 Å². The highest BCUT2D eigenvalue weighted by atomic mass is 16.5. The van der Waals surface area contributed by atoms with Crippen molar-refractivity contribution in [3.05, 3.63) is 27.4 Å². The molecule has 8 nitrogen and oxygen atoms in total. The number of likely N-dealkylation sites (tertiary alicyclic amines) is 1. The molecule has 2 aliphatic rings. The van der Waals surface area contributed by atoms with Crippen LogP contribution < -0.4 is 5.56 Å². The summed E-state index contributed by atoms with van der Waals surface area (Å²) >= 11 is 0. The monoisotopic (exact) mass is 348 g/mol. The Labute approximate surface area is 146 Å². The quantitative estimate of drug-likeness (QED) is 0.852. The van der Waals surface area contributed by atoms with Crippen molar-refractivity contribution in [3.8, 4) is 0 Å². The van der Waals surface area contributed by atoms with Crippen LogP contribution in [-0.4, -0.2) is 58.4 Å². The van der Waals surface area contributed by atoms with Crippen LogP contribution in [0.25, 0.3) is 0 Å². The number of carbonyl (C=O) groups is 2. The van der Waals surface area contributed by atoms with E-state index in [4.69, 9.17) is 4.74 Å². The van der Waals surface area contributed by atoms with Crippen LogP contribution in [0.3, 0.4) is 0 Å². The normalized spacial score (nSPS) is 20.3. The first kappa shape index (κ1) is 17.6. The van der Waals surface area contributed by atoms with Crippen LogP contribution >= 0.6 is 0 Å². The topological polar surface area (TPSA) is 95.6 Å². The molecule has 1 aromatic rings. The van der Waals surface area contributed by atoms with Gasteiger partial charge in [-0.2, -0.15) is 0 Å². The summed E-state index contributed by atoms with van der Waals surface area (Å²) in [5, 5.41) is 0. The highest BCUT2D eigenvalue weighted by Crippen LogP contribution is 2.29. The first-order valence-corrected chi connectivity index (χ1v) is 8.67. The first-order valence-electron chi connectivity index (χ1n) is 8.67. The van der Waals surface area contributed by atoms with E-state index in [1.807, 2.05) is 0 Å². The zero-order valence-electron chi connectivity index (χ0n) is 14.7. The molecule has 0 spiro atoms. The van der Waals surface area contributed by atoms with Gasteiger partial charge < -0.3 is 19.5 Å². The average molecular weight is 348 g/mol. The van der Waals surface area contributed by atoms with Gasteiger partial charge in [0.15, 0.2) is 0 Å². The van der Waals surface area contributed by atoms with Crippen LogP contribution in [-0.2, 0) is 27.3 Å². The Hall–Kier alpha value is -2.22. The predicted octanol–water partition coefficient (Wildman–Crippen LogP) is 0.375. The molecule has 2 amide bonds. The van der Waals surface area contributed by atoms with E-state index in [1.54, 1.807) is 9.80 Å². The minimum atomic E-state index is -0.222. The van der Waals surface area contributed by atoms with Crippen LogP contribution in [0.1, 0.15) is 49.3 Å². The van der Waals surface area contributed by atoms with E-state index in [-0.39, 0.29) is 30.0 Å². The van der Waals surface area contributed by atoms with Crippen molar-refractivity contribution in [1.29, 1.82) is 0 Å². The molecule has 1 aromatic heterocycles. The number of H-pyrrole nitrogens is 1. The number of aromatic amines is 1. The number of hydrogen-bond acceptors (Lipinski definition) is 5. The Morgan fingerprint density at radius 2 is 2.12 bits per heavy atom. The Bertz CT molecular complexity index is 730. The molecule has 3 heterocycles. The molecule has 3 rings (SSSR count). The number of piperidine rings is 1. The van der Waals surface area contributed by atoms with Gasteiger partial charge in [0.25, 0.3) is 5.56 Å². The van der Waals surface area contributed by atoms with E-state index in [1.165, 1.54) is 14.0 Å². The van der Waals surface area contributed by atoms with Crippen LogP contribution in [0.5, 0.6) is 0 Å². The summed E-state index contributed by atoms with van der Waals surface area (Å²) in [7, 11) is 1.50. The Balaban J connectivity index is 1.90. The summed E-state index contributed by atoms with van der Waals surface area (Å²) in [4.78, 5) is 47.3. The van der Waals surface area contributed by atoms with Crippen molar-refractivity contribution in [2.24, 2.45) is 0 Å². The maximum atomic E-state index is 12.5. The second-order valence-corrected chi connectivity index (χ2v) is 6.60. The molecule has 136 valence electrons. The van der Waals surface area contributed by atoms with E-state index < -0.39 is 0 Å². The minimum absolute atomic E-state index is 0.0270. The second kappa shape index (κ2) is 7.35. The SMILES string of the molecule is COCC(=O)N1CCCCC1c1nc2c(c(=O)[nH]1)CN(C(C)=O)CC2. The second-order valence-electron chi connectivity index (χ2n) is 6.60. The number of nitrogens with zero attached hydrogens (tertiary/aromatic N) is 3. The molecule has 0 saturated carbocycles. The fourth-order valence-corrected chi connectivity index (χ4v) is 3.59. The number of nitrogens with one attached hydrogen (secondary N) is 1. The van der Waals surface area contributed by atoms with Gasteiger partial charge >= 0.3 is 0 Å². The average Bonchev–Trinajstić information content (AvgIpc) is 2.61. The molecular weight excluding hydrogens is 324 g/mol. The Morgan fingerprint density at radius 1 is 1.32 bits per heavy atom. The van der Waals surface area contributed by atoms with E-state index in [0.29, 0.717) is 37.4 Å². The maximum Gasteiger partial charge on any atom is 0.256 e. The number of aromatic nitrogens is 2. The van der Waals surface area contributed by atoms with Gasteiger partial charge in [-0.05, 0) is 19.3 Å². The van der Waals surface area contributed by atoms with Gasteiger partial charge in [0, 0.05) is 33.5 Å². The summed E-state index contributed by atoms with van der Waals surface area (Å²) in [5.41, 5.74) is 1.08. The zero-order chi connectivity index (χ0) is 18.0. The number of hydrogen-bond donors (Lipinski definition) is 1. The fraction of sp³-hybridized carbons (Fsp3) is 0.647. The van der Waals surface area contributed by atoms with Crippen molar-refractivity contribution in [2.45, 2.75) is 45.2 Å². The molecule has 8 heteroatoms. The molecule has 1 atom stereocenters. The lowest BCUT2D eigenvalue weighted by Gasteiger charge is -2.35. The molecule has 0 radical (unpaired) electrons. The molecule has 25 heavy (non-hydrogen) atoms. The molecular formula is C17H24N4O4. The summed E-state index contributed by atoms with van der Waals surface area (Å²) < 4.78 is 4.97. The molecule has 1 fully saturated rings. The van der Waals surface area contributed by atoms with Crippen molar-refractivity contribution in [2.75, 3.05) is 26.8 Å². The summed E-state index contributed by atoms with van der Waals surface area (Å²) in [6.07, 6.45) is 3.26. The van der Waals surface area contributed by atoms with Crippen molar-refractivity contribution in [1.82, 2.24) is 19.8 Å². The highest BCUT2D eigenvalue weighted by molar-refractivity contribution is 5.78. The molecule has 0 aromatic carbocycles. The standard InChI is InChI=1S/C17H24N4O4/c1-11(22)20-8-6-13-12(9-20)17(24)19-16(18-13)14-5-3-4-7-21(14)15(23)10-25-2/h14H,3-10H2,1-2H3,(H,18,19,24). The number of rotatable bonds is 3. The van der Waals surface area contributed by atoms with Crippen LogP contribution in [0.4, 0.5) is 0 Å². The number of carbonyl (C=O) groups excluding carboxylic acids is 2. The third-order valence-electron chi connectivity index (χ3n) is 4.94. The van der Waals surface area contributed by atoms with Crippen molar-refractivity contribution < 1.29 is 14.3 Å². The zero-order valence-corrected chi connectivity index (χ0v) is 14.7. The Morgan fingerprint density at radius 3 is 2.84 bits per heavy atom. The smallest absolute Gasteiger partial charge is 0.256 e. The lowest BCUT2D eigenvalue weighted by molar-refractivity contribution is -0.139. The number of methoxy groups -OCH3 is 1. The summed E-state index contributed by atoms with van der Waals surface area (Å²) in [5.74, 6) is 0.414. The van der Waals surface area contributed by atoms with Crippen molar-refractivity contribution in [3.63, 3.8) is 0 Å². The largest absolute Gasteiger partial charge is 0.375 e. The fourth-order valence-electron chi connectivity index (χ4n) is 3.59. The van der Waals surface area contributed by atoms with Crippen molar-refractivity contribution >= 4 is 11.8 Å². The molecule has 1 N–H and O–H groups in total. The van der Waals surface area contributed by atoms with Crippen LogP contribution in [0.15, 0.2) is 4.79 Å². The van der Waals surface area contributed by atoms with E-state index in [0.717, 1.165) is 25.0 Å². The third kappa shape index (κ3) is 3.58. The highest BCUT2D eigenvalue weighted by Gasteiger charge is 2.31. The molecule has 0 aliphatic carbocycles. The molecule has 2 aliphatic heterocycles. The number of amides is 2. The van der Waals surface area contributed by atoms with Crippen LogP contribution in [0.2, 0.25) is 0 Å². The van der Waals surface area contributed by atoms with Gasteiger partial charge in [0.1, 0.15) is 12.4 Å². The van der Waals surface area contributed by atoms with Gasteiger partial charge in [-0.15, -0.1) is 0 Å². The van der Waals surface area contributed by atoms with E-state index in [2.05, 4.69) is 9.97 Å². The Kier molecular flexibility index (Phi) is 5.17. The van der Waals surface area contributed by atoms with E-state index >= 15 is 0 Å². The first-order chi connectivity index (χ1) is 12.0. The molecule has 1 unspecified atom stereocenters. The van der Waals surface area contributed by atoms with E-state index in [9.17, 15) is 14.4 Å². The maximum absolute atomic E-state index is 12.5. The molecule has 1 saturated heterocycles. The number of fused-ring (bicyclic) bond motifs is 1. The summed E-state index contributed by atoms with van der Waals surface area (Å²) in [6, 6.07) is -0.222. The lowest BCUT2D eigenvalue weighted by atomic mass is 10.00. The van der Waals surface area contributed by atoms with Gasteiger partial charge in [0.2, 0.25) is 11.8 Å². The summed E-state index contributed by atoms with van der Waals surface area (Å²) in [6.45, 7) is 3.03. The lowest BCUT2D eigenvalue weighted by Crippen LogP contribution is -2.43. The predicted molar refractivity (Wildman–Crippen MR) is 89.8 cm³/mol. The van der Waals surface area contributed by atoms with Gasteiger partial charge in [-0.25, -0.2) is 4.98 Å². The molecule has 0 bridgehead atoms.